The highest BCUT2D eigenvalue weighted by Crippen LogP contribution is 2.30. The van der Waals surface area contributed by atoms with Crippen LogP contribution >= 0.6 is 11.6 Å². The van der Waals surface area contributed by atoms with E-state index >= 15 is 0 Å². The first-order valence-corrected chi connectivity index (χ1v) is 13.7. The lowest BCUT2D eigenvalue weighted by atomic mass is 9.91. The fourth-order valence-electron chi connectivity index (χ4n) is 5.35. The van der Waals surface area contributed by atoms with Crippen LogP contribution in [0, 0.1) is 5.92 Å². The molecule has 0 bridgehead atoms. The Morgan fingerprint density at radius 3 is 2.54 bits per heavy atom. The van der Waals surface area contributed by atoms with Crippen molar-refractivity contribution in [1.82, 2.24) is 15.3 Å². The third kappa shape index (κ3) is 7.06. The van der Waals surface area contributed by atoms with Gasteiger partial charge in [-0.15, -0.1) is 0 Å². The molecule has 1 saturated carbocycles. The monoisotopic (exact) mass is 499 g/mol. The number of hydrogen-bond acceptors (Lipinski definition) is 7. The van der Waals surface area contributed by atoms with Crippen molar-refractivity contribution in [2.75, 3.05) is 43.5 Å². The van der Waals surface area contributed by atoms with Crippen LogP contribution in [0.25, 0.3) is 11.3 Å². The first-order chi connectivity index (χ1) is 17.2. The number of anilines is 2. The zero-order valence-electron chi connectivity index (χ0n) is 20.5. The summed E-state index contributed by atoms with van der Waals surface area (Å²) in [5.74, 6) is 2.38. The lowest BCUT2D eigenvalue weighted by Gasteiger charge is -2.30. The highest BCUT2D eigenvalue weighted by Gasteiger charge is 2.23. The average molecular weight is 500 g/mol. The molecule has 2 saturated heterocycles. The van der Waals surface area contributed by atoms with E-state index < -0.39 is 0 Å². The molecule has 0 amide bonds. The zero-order valence-corrected chi connectivity index (χ0v) is 21.2. The highest BCUT2D eigenvalue weighted by atomic mass is 35.5. The molecule has 8 heteroatoms. The first-order valence-electron chi connectivity index (χ1n) is 13.3. The minimum Gasteiger partial charge on any atom is -0.381 e. The summed E-state index contributed by atoms with van der Waals surface area (Å²) in [4.78, 5) is 9.39. The molecule has 0 radical (unpaired) electrons. The molecule has 3 aliphatic rings. The Hall–Kier alpha value is -1.93. The van der Waals surface area contributed by atoms with E-state index in [0.29, 0.717) is 29.1 Å². The number of nitrogens with zero attached hydrogens (tertiary/aromatic N) is 2. The minimum absolute atomic E-state index is 0.409. The van der Waals surface area contributed by atoms with Crippen molar-refractivity contribution in [2.45, 2.75) is 69.6 Å². The molecule has 4 heterocycles. The third-order valence-electron chi connectivity index (χ3n) is 7.53. The normalized spacial score (nSPS) is 25.5. The summed E-state index contributed by atoms with van der Waals surface area (Å²) in [7, 11) is 0. The third-order valence-corrected chi connectivity index (χ3v) is 7.83. The summed E-state index contributed by atoms with van der Waals surface area (Å²) in [6.45, 7) is 4.54. The fourth-order valence-corrected chi connectivity index (χ4v) is 5.55. The van der Waals surface area contributed by atoms with E-state index in [0.717, 1.165) is 81.5 Å². The molecule has 190 valence electrons. The molecule has 3 N–H and O–H groups in total. The van der Waals surface area contributed by atoms with Crippen LogP contribution in [0.4, 0.5) is 11.6 Å². The number of ether oxygens (including phenoxy) is 2. The van der Waals surface area contributed by atoms with Gasteiger partial charge in [0, 0.05) is 56.8 Å². The molecule has 3 fully saturated rings. The van der Waals surface area contributed by atoms with Gasteiger partial charge in [0.2, 0.25) is 0 Å². The van der Waals surface area contributed by atoms with Gasteiger partial charge < -0.3 is 25.4 Å². The SMILES string of the molecule is Clc1cnc(NC2CCC(NC[C@@H]3CCCO3)CC2)cc1-c1cccc(NCC2CCOCC2)n1. The lowest BCUT2D eigenvalue weighted by molar-refractivity contribution is 0.0699. The second-order valence-corrected chi connectivity index (χ2v) is 10.5. The molecule has 2 aliphatic heterocycles. The van der Waals surface area contributed by atoms with Crippen LogP contribution in [-0.2, 0) is 9.47 Å². The average Bonchev–Trinajstić information content (AvgIpc) is 3.43. The number of nitrogens with one attached hydrogen (secondary N) is 3. The van der Waals surface area contributed by atoms with Crippen LogP contribution in [-0.4, -0.2) is 61.1 Å². The molecule has 1 atom stereocenters. The van der Waals surface area contributed by atoms with Gasteiger partial charge in [-0.25, -0.2) is 9.97 Å². The van der Waals surface area contributed by atoms with E-state index in [-0.39, 0.29) is 0 Å². The molecule has 2 aromatic heterocycles. The van der Waals surface area contributed by atoms with E-state index in [2.05, 4.69) is 20.9 Å². The molecule has 5 rings (SSSR count). The summed E-state index contributed by atoms with van der Waals surface area (Å²) in [5.41, 5.74) is 1.77. The Balaban J connectivity index is 1.15. The van der Waals surface area contributed by atoms with E-state index in [1.54, 1.807) is 6.20 Å². The fraction of sp³-hybridized carbons (Fsp3) is 0.630. The Morgan fingerprint density at radius 2 is 1.74 bits per heavy atom. The molecule has 2 aromatic rings. The van der Waals surface area contributed by atoms with Gasteiger partial charge >= 0.3 is 0 Å². The summed E-state index contributed by atoms with van der Waals surface area (Å²) < 4.78 is 11.2. The number of halogens is 1. The Labute approximate surface area is 213 Å². The molecule has 35 heavy (non-hydrogen) atoms. The van der Waals surface area contributed by atoms with Gasteiger partial charge in [-0.05, 0) is 75.5 Å². The van der Waals surface area contributed by atoms with E-state index in [1.807, 2.05) is 24.3 Å². The molecule has 1 aliphatic carbocycles. The maximum atomic E-state index is 6.55. The van der Waals surface area contributed by atoms with Crippen molar-refractivity contribution >= 4 is 23.2 Å². The first kappa shape index (κ1) is 24.8. The summed E-state index contributed by atoms with van der Waals surface area (Å²) in [6, 6.07) is 9.11. The van der Waals surface area contributed by atoms with Gasteiger partial charge in [0.15, 0.2) is 0 Å². The van der Waals surface area contributed by atoms with Gasteiger partial charge in [-0.3, -0.25) is 0 Å². The maximum Gasteiger partial charge on any atom is 0.126 e. The van der Waals surface area contributed by atoms with Crippen LogP contribution in [0.2, 0.25) is 5.02 Å². The predicted octanol–water partition coefficient (Wildman–Crippen LogP) is 5.13. The van der Waals surface area contributed by atoms with Crippen molar-refractivity contribution in [3.05, 3.63) is 35.5 Å². The molecule has 0 aromatic carbocycles. The van der Waals surface area contributed by atoms with Crippen LogP contribution < -0.4 is 16.0 Å². The summed E-state index contributed by atoms with van der Waals surface area (Å²) in [6.07, 6.45) is 11.4. The Morgan fingerprint density at radius 1 is 0.914 bits per heavy atom. The van der Waals surface area contributed by atoms with E-state index in [4.69, 9.17) is 26.1 Å². The van der Waals surface area contributed by atoms with Crippen LogP contribution in [0.5, 0.6) is 0 Å². The molecule has 0 unspecified atom stereocenters. The van der Waals surface area contributed by atoms with E-state index in [9.17, 15) is 0 Å². The van der Waals surface area contributed by atoms with Crippen LogP contribution in [0.15, 0.2) is 30.5 Å². The highest BCUT2D eigenvalue weighted by molar-refractivity contribution is 6.33. The van der Waals surface area contributed by atoms with Gasteiger partial charge in [-0.1, -0.05) is 17.7 Å². The number of aromatic nitrogens is 2. The summed E-state index contributed by atoms with van der Waals surface area (Å²) >= 11 is 6.55. The van der Waals surface area contributed by atoms with Gasteiger partial charge in [0.1, 0.15) is 11.6 Å². The smallest absolute Gasteiger partial charge is 0.126 e. The van der Waals surface area contributed by atoms with Crippen molar-refractivity contribution in [3.63, 3.8) is 0 Å². The molecular weight excluding hydrogens is 462 g/mol. The second kappa shape index (κ2) is 12.3. The van der Waals surface area contributed by atoms with E-state index in [1.165, 1.54) is 25.7 Å². The quantitative estimate of drug-likeness (QED) is 0.441. The zero-order chi connectivity index (χ0) is 23.9. The largest absolute Gasteiger partial charge is 0.381 e. The van der Waals surface area contributed by atoms with Crippen molar-refractivity contribution < 1.29 is 9.47 Å². The standard InChI is InChI=1S/C27H38ClN5O2/c28-24-18-31-27(32-21-8-6-20(7-9-21)29-17-22-3-2-12-35-22)15-23(24)25-4-1-5-26(33-25)30-16-19-10-13-34-14-11-19/h1,4-5,15,18-22,29H,2-3,6-14,16-17H2,(H,30,33)(H,31,32)/t20?,21?,22-/m0/s1. The molecular formula is C27H38ClN5O2. The van der Waals surface area contributed by atoms with Crippen LogP contribution in [0.3, 0.4) is 0 Å². The number of hydrogen-bond donors (Lipinski definition) is 3. The van der Waals surface area contributed by atoms with Crippen molar-refractivity contribution in [2.24, 2.45) is 5.92 Å². The van der Waals surface area contributed by atoms with Crippen molar-refractivity contribution in [1.29, 1.82) is 0 Å². The van der Waals surface area contributed by atoms with Gasteiger partial charge in [0.25, 0.3) is 0 Å². The Kier molecular flexibility index (Phi) is 8.73. The maximum absolute atomic E-state index is 6.55. The van der Waals surface area contributed by atoms with Gasteiger partial charge in [0.05, 0.1) is 16.8 Å². The topological polar surface area (TPSA) is 80.3 Å². The lowest BCUT2D eigenvalue weighted by Crippen LogP contribution is -2.40. The number of rotatable bonds is 9. The predicted molar refractivity (Wildman–Crippen MR) is 141 cm³/mol. The minimum atomic E-state index is 0.409. The van der Waals surface area contributed by atoms with Crippen LogP contribution in [0.1, 0.15) is 51.4 Å². The Bertz CT molecular complexity index is 941. The number of pyridine rings is 2. The molecule has 7 nitrogen and oxygen atoms in total. The summed E-state index contributed by atoms with van der Waals surface area (Å²) in [5, 5.41) is 11.5. The van der Waals surface area contributed by atoms with Crippen molar-refractivity contribution in [3.8, 4) is 11.3 Å². The molecule has 0 spiro atoms. The van der Waals surface area contributed by atoms with Gasteiger partial charge in [-0.2, -0.15) is 0 Å². The second-order valence-electron chi connectivity index (χ2n) is 10.1.